The molecular formula is C16H25N3O. The molecular weight excluding hydrogens is 250 g/mol. The maximum atomic E-state index is 6.17. The van der Waals surface area contributed by atoms with Crippen molar-refractivity contribution in [1.29, 1.82) is 0 Å². The molecule has 2 N–H and O–H groups in total. The Hall–Kier alpha value is -1.42. The smallest absolute Gasteiger partial charge is 0.121 e. The summed E-state index contributed by atoms with van der Waals surface area (Å²) in [6.07, 6.45) is 5.38. The largest absolute Gasteiger partial charge is 0.497 e. The molecule has 0 radical (unpaired) electrons. The highest BCUT2D eigenvalue weighted by Crippen LogP contribution is 2.31. The normalized spacial score (nSPS) is 24.1. The van der Waals surface area contributed by atoms with Crippen LogP contribution in [0.1, 0.15) is 25.7 Å². The van der Waals surface area contributed by atoms with Crippen LogP contribution < -0.4 is 15.4 Å². The van der Waals surface area contributed by atoms with E-state index in [2.05, 4.69) is 15.9 Å². The molecule has 0 spiro atoms. The van der Waals surface area contributed by atoms with Crippen molar-refractivity contribution in [2.75, 3.05) is 43.9 Å². The van der Waals surface area contributed by atoms with Crippen LogP contribution in [-0.2, 0) is 0 Å². The summed E-state index contributed by atoms with van der Waals surface area (Å²) in [7, 11) is 1.68. The minimum absolute atomic E-state index is 0.705. The van der Waals surface area contributed by atoms with Gasteiger partial charge in [-0.05, 0) is 44.5 Å². The van der Waals surface area contributed by atoms with Gasteiger partial charge in [-0.25, -0.2) is 0 Å². The van der Waals surface area contributed by atoms with Crippen molar-refractivity contribution in [3.8, 4) is 5.75 Å². The molecule has 1 unspecified atom stereocenters. The van der Waals surface area contributed by atoms with Crippen molar-refractivity contribution < 1.29 is 4.74 Å². The molecule has 2 aliphatic heterocycles. The predicted octanol–water partition coefficient (Wildman–Crippen LogP) is 2.34. The van der Waals surface area contributed by atoms with E-state index in [0.29, 0.717) is 6.04 Å². The Morgan fingerprint density at radius 2 is 1.95 bits per heavy atom. The fraction of sp³-hybridized carbons (Fsp3) is 0.625. The van der Waals surface area contributed by atoms with Crippen LogP contribution in [0.15, 0.2) is 18.2 Å². The van der Waals surface area contributed by atoms with Crippen molar-refractivity contribution in [3.63, 3.8) is 0 Å². The van der Waals surface area contributed by atoms with Gasteiger partial charge >= 0.3 is 0 Å². The van der Waals surface area contributed by atoms with Gasteiger partial charge in [-0.1, -0.05) is 6.42 Å². The van der Waals surface area contributed by atoms with Gasteiger partial charge in [0.1, 0.15) is 5.75 Å². The number of hydrogen-bond donors (Lipinski definition) is 1. The van der Waals surface area contributed by atoms with Gasteiger partial charge in [0, 0.05) is 25.2 Å². The number of likely N-dealkylation sites (tertiary alicyclic amines) is 1. The molecule has 4 nitrogen and oxygen atoms in total. The van der Waals surface area contributed by atoms with Gasteiger partial charge in [0.25, 0.3) is 0 Å². The molecule has 0 saturated carbocycles. The molecule has 2 aliphatic rings. The van der Waals surface area contributed by atoms with Crippen LogP contribution in [0.3, 0.4) is 0 Å². The van der Waals surface area contributed by atoms with Crippen LogP contribution in [0.5, 0.6) is 5.75 Å². The highest BCUT2D eigenvalue weighted by molar-refractivity contribution is 5.70. The molecule has 2 heterocycles. The van der Waals surface area contributed by atoms with Crippen LogP contribution in [0, 0.1) is 0 Å². The minimum atomic E-state index is 0.705. The van der Waals surface area contributed by atoms with Crippen molar-refractivity contribution in [1.82, 2.24) is 4.90 Å². The first-order valence-corrected chi connectivity index (χ1v) is 7.70. The summed E-state index contributed by atoms with van der Waals surface area (Å²) in [5, 5.41) is 0. The third-order valence-corrected chi connectivity index (χ3v) is 4.65. The number of nitrogens with two attached hydrogens (primary N) is 1. The lowest BCUT2D eigenvalue weighted by molar-refractivity contribution is 0.175. The molecule has 20 heavy (non-hydrogen) atoms. The zero-order valence-corrected chi connectivity index (χ0v) is 12.3. The topological polar surface area (TPSA) is 41.7 Å². The summed E-state index contributed by atoms with van der Waals surface area (Å²) >= 11 is 0. The summed E-state index contributed by atoms with van der Waals surface area (Å²) in [4.78, 5) is 5.09. The molecule has 0 aliphatic carbocycles. The second-order valence-corrected chi connectivity index (χ2v) is 5.91. The molecule has 1 atom stereocenters. The molecule has 0 bridgehead atoms. The number of rotatable bonds is 3. The van der Waals surface area contributed by atoms with E-state index >= 15 is 0 Å². The Morgan fingerprint density at radius 1 is 1.15 bits per heavy atom. The molecule has 3 rings (SSSR count). The number of benzene rings is 1. The van der Waals surface area contributed by atoms with Crippen LogP contribution in [0.25, 0.3) is 0 Å². The lowest BCUT2D eigenvalue weighted by atomic mass is 10.1. The Bertz CT molecular complexity index is 457. The maximum absolute atomic E-state index is 6.17. The lowest BCUT2D eigenvalue weighted by Crippen LogP contribution is -2.40. The van der Waals surface area contributed by atoms with Crippen molar-refractivity contribution in [3.05, 3.63) is 18.2 Å². The quantitative estimate of drug-likeness (QED) is 0.860. The highest BCUT2D eigenvalue weighted by Gasteiger charge is 2.29. The molecule has 0 amide bonds. The summed E-state index contributed by atoms with van der Waals surface area (Å²) < 4.78 is 5.22. The lowest BCUT2D eigenvalue weighted by Gasteiger charge is -2.32. The van der Waals surface area contributed by atoms with Crippen LogP contribution in [-0.4, -0.2) is 44.2 Å². The Labute approximate surface area is 121 Å². The first-order chi connectivity index (χ1) is 9.78. The van der Waals surface area contributed by atoms with Crippen molar-refractivity contribution >= 4 is 11.4 Å². The van der Waals surface area contributed by atoms with Crippen LogP contribution in [0.4, 0.5) is 11.4 Å². The summed E-state index contributed by atoms with van der Waals surface area (Å²) in [5.74, 6) is 0.832. The average molecular weight is 275 g/mol. The SMILES string of the molecule is COc1ccc(N2CCC(N3CCCCC3)C2)c(N)c1. The zero-order valence-electron chi connectivity index (χ0n) is 12.3. The number of hydrogen-bond acceptors (Lipinski definition) is 4. The molecule has 4 heteroatoms. The second-order valence-electron chi connectivity index (χ2n) is 5.91. The number of anilines is 2. The molecule has 110 valence electrons. The number of nitrogen functional groups attached to an aromatic ring is 1. The first-order valence-electron chi connectivity index (χ1n) is 7.70. The Morgan fingerprint density at radius 3 is 2.65 bits per heavy atom. The molecule has 1 aromatic rings. The van der Waals surface area contributed by atoms with Gasteiger partial charge in [-0.2, -0.15) is 0 Å². The Kier molecular flexibility index (Phi) is 4.01. The molecule has 1 aromatic carbocycles. The minimum Gasteiger partial charge on any atom is -0.497 e. The second kappa shape index (κ2) is 5.92. The van der Waals surface area contributed by atoms with Gasteiger partial charge in [0.15, 0.2) is 0 Å². The third kappa shape index (κ3) is 2.70. The Balaban J connectivity index is 1.67. The van der Waals surface area contributed by atoms with E-state index in [0.717, 1.165) is 30.2 Å². The standard InChI is InChI=1S/C16H25N3O/c1-20-14-5-6-16(15(17)11-14)19-10-7-13(12-19)18-8-3-2-4-9-18/h5-6,11,13H,2-4,7-10,12,17H2,1H3. The van der Waals surface area contributed by atoms with E-state index in [1.54, 1.807) is 7.11 Å². The summed E-state index contributed by atoms with van der Waals surface area (Å²) in [5.41, 5.74) is 8.15. The maximum Gasteiger partial charge on any atom is 0.121 e. The van der Waals surface area contributed by atoms with E-state index in [1.165, 1.54) is 38.8 Å². The van der Waals surface area contributed by atoms with Crippen molar-refractivity contribution in [2.24, 2.45) is 0 Å². The predicted molar refractivity (Wildman–Crippen MR) is 83.4 cm³/mol. The number of piperidine rings is 1. The van der Waals surface area contributed by atoms with Crippen LogP contribution in [0.2, 0.25) is 0 Å². The average Bonchev–Trinajstić information content (AvgIpc) is 2.97. The van der Waals surface area contributed by atoms with Gasteiger partial charge in [-0.3, -0.25) is 4.90 Å². The number of nitrogens with zero attached hydrogens (tertiary/aromatic N) is 2. The zero-order chi connectivity index (χ0) is 13.9. The molecule has 0 aromatic heterocycles. The van der Waals surface area contributed by atoms with Gasteiger partial charge in [0.05, 0.1) is 18.5 Å². The first kappa shape index (κ1) is 13.6. The van der Waals surface area contributed by atoms with Gasteiger partial charge < -0.3 is 15.4 Å². The van der Waals surface area contributed by atoms with Gasteiger partial charge in [-0.15, -0.1) is 0 Å². The summed E-state index contributed by atoms with van der Waals surface area (Å²) in [6.45, 7) is 4.77. The fourth-order valence-corrected chi connectivity index (χ4v) is 3.49. The van der Waals surface area contributed by atoms with E-state index in [9.17, 15) is 0 Å². The van der Waals surface area contributed by atoms with E-state index in [1.807, 2.05) is 12.1 Å². The van der Waals surface area contributed by atoms with Crippen molar-refractivity contribution in [2.45, 2.75) is 31.7 Å². The molecule has 2 fully saturated rings. The fourth-order valence-electron chi connectivity index (χ4n) is 3.49. The summed E-state index contributed by atoms with van der Waals surface area (Å²) in [6, 6.07) is 6.72. The van der Waals surface area contributed by atoms with Gasteiger partial charge in [0.2, 0.25) is 0 Å². The third-order valence-electron chi connectivity index (χ3n) is 4.65. The number of methoxy groups -OCH3 is 1. The van der Waals surface area contributed by atoms with E-state index in [-0.39, 0.29) is 0 Å². The van der Waals surface area contributed by atoms with E-state index < -0.39 is 0 Å². The molecule has 2 saturated heterocycles. The highest BCUT2D eigenvalue weighted by atomic mass is 16.5. The number of ether oxygens (including phenoxy) is 1. The van der Waals surface area contributed by atoms with Crippen LogP contribution >= 0.6 is 0 Å². The monoisotopic (exact) mass is 275 g/mol. The van der Waals surface area contributed by atoms with E-state index in [4.69, 9.17) is 10.5 Å².